The predicted molar refractivity (Wildman–Crippen MR) is 115 cm³/mol. The Morgan fingerprint density at radius 1 is 1.16 bits per heavy atom. The molecule has 3 aromatic rings. The van der Waals surface area contributed by atoms with Gasteiger partial charge in [-0.05, 0) is 53.9 Å². The maximum Gasteiger partial charge on any atom is 0.277 e. The Labute approximate surface area is 183 Å². The Morgan fingerprint density at radius 3 is 2.58 bits per heavy atom. The van der Waals surface area contributed by atoms with Gasteiger partial charge in [0.05, 0.1) is 11.5 Å². The van der Waals surface area contributed by atoms with Crippen LogP contribution in [0, 0.1) is 11.7 Å². The Bertz CT molecular complexity index is 1150. The number of rotatable bonds is 7. The number of sulfone groups is 1. The lowest BCUT2D eigenvalue weighted by Crippen LogP contribution is -2.19. The van der Waals surface area contributed by atoms with Crippen LogP contribution < -0.4 is 5.32 Å². The van der Waals surface area contributed by atoms with E-state index < -0.39 is 15.1 Å². The number of thioether (sulfide) groups is 1. The predicted octanol–water partition coefficient (Wildman–Crippen LogP) is 3.66. The van der Waals surface area contributed by atoms with Gasteiger partial charge < -0.3 is 9.73 Å². The number of carbonyl (C=O) groups is 1. The van der Waals surface area contributed by atoms with Crippen molar-refractivity contribution in [3.63, 3.8) is 0 Å². The zero-order valence-corrected chi connectivity index (χ0v) is 18.0. The van der Waals surface area contributed by atoms with E-state index in [0.29, 0.717) is 24.4 Å². The molecule has 0 saturated carbocycles. The summed E-state index contributed by atoms with van der Waals surface area (Å²) in [5.74, 6) is -0.0623. The first-order valence-corrected chi connectivity index (χ1v) is 12.4. The van der Waals surface area contributed by atoms with Crippen molar-refractivity contribution in [2.24, 2.45) is 5.92 Å². The van der Waals surface area contributed by atoms with Crippen LogP contribution in [0.15, 0.2) is 64.2 Å². The summed E-state index contributed by atoms with van der Waals surface area (Å²) in [5, 5.41) is 10.4. The molecule has 1 saturated heterocycles. The standard InChI is InChI=1S/C21H20FN3O4S2/c22-16-6-8-17(9-7-16)23-20(26)19(15-4-2-1-3-5-15)30-21-25-24-18(29-21)12-14-10-11-31(27,28)13-14/h1-9,14,19H,10-13H2,(H,23,26)/t14-,19-/m0/s1. The topological polar surface area (TPSA) is 102 Å². The minimum atomic E-state index is -2.98. The molecule has 1 fully saturated rings. The zero-order chi connectivity index (χ0) is 21.8. The first kappa shape index (κ1) is 21.5. The maximum atomic E-state index is 13.1. The van der Waals surface area contributed by atoms with Crippen molar-refractivity contribution in [2.75, 3.05) is 16.8 Å². The number of benzene rings is 2. The van der Waals surface area contributed by atoms with Gasteiger partial charge in [-0.2, -0.15) is 0 Å². The molecule has 1 aliphatic rings. The molecule has 1 N–H and O–H groups in total. The Balaban J connectivity index is 1.48. The summed E-state index contributed by atoms with van der Waals surface area (Å²) in [6.07, 6.45) is 0.977. The summed E-state index contributed by atoms with van der Waals surface area (Å²) < 4.78 is 42.1. The highest BCUT2D eigenvalue weighted by atomic mass is 32.2. The molecular formula is C21H20FN3O4S2. The van der Waals surface area contributed by atoms with Gasteiger partial charge in [-0.3, -0.25) is 4.79 Å². The molecular weight excluding hydrogens is 441 g/mol. The first-order valence-electron chi connectivity index (χ1n) is 9.69. The number of halogens is 1. The van der Waals surface area contributed by atoms with Crippen LogP contribution >= 0.6 is 11.8 Å². The number of amides is 1. The molecule has 4 rings (SSSR count). The van der Waals surface area contributed by atoms with Crippen molar-refractivity contribution in [3.8, 4) is 0 Å². The van der Waals surface area contributed by atoms with E-state index in [9.17, 15) is 17.6 Å². The van der Waals surface area contributed by atoms with E-state index in [2.05, 4.69) is 15.5 Å². The molecule has 31 heavy (non-hydrogen) atoms. The third kappa shape index (κ3) is 5.71. The molecule has 1 aliphatic heterocycles. The molecule has 2 aromatic carbocycles. The Morgan fingerprint density at radius 2 is 1.90 bits per heavy atom. The third-order valence-electron chi connectivity index (χ3n) is 4.91. The van der Waals surface area contributed by atoms with Crippen LogP contribution in [0.2, 0.25) is 0 Å². The summed E-state index contributed by atoms with van der Waals surface area (Å²) in [6, 6.07) is 14.7. The van der Waals surface area contributed by atoms with Crippen molar-refractivity contribution < 1.29 is 22.0 Å². The molecule has 162 valence electrons. The summed E-state index contributed by atoms with van der Waals surface area (Å²) in [5.41, 5.74) is 1.22. The molecule has 2 heterocycles. The van der Waals surface area contributed by atoms with Gasteiger partial charge in [0.15, 0.2) is 9.84 Å². The zero-order valence-electron chi connectivity index (χ0n) is 16.4. The lowest BCUT2D eigenvalue weighted by Gasteiger charge is -2.15. The third-order valence-corrected chi connectivity index (χ3v) is 7.83. The molecule has 0 radical (unpaired) electrons. The van der Waals surface area contributed by atoms with E-state index in [-0.39, 0.29) is 34.4 Å². The van der Waals surface area contributed by atoms with Gasteiger partial charge >= 0.3 is 0 Å². The average Bonchev–Trinajstić information content (AvgIpc) is 3.34. The van der Waals surface area contributed by atoms with Gasteiger partial charge in [0, 0.05) is 12.1 Å². The van der Waals surface area contributed by atoms with Crippen molar-refractivity contribution >= 4 is 33.2 Å². The molecule has 7 nitrogen and oxygen atoms in total. The molecule has 0 bridgehead atoms. The normalized spacial score (nSPS) is 18.5. The van der Waals surface area contributed by atoms with Gasteiger partial charge in [0.2, 0.25) is 11.8 Å². The number of anilines is 1. The van der Waals surface area contributed by atoms with Gasteiger partial charge in [-0.1, -0.05) is 30.3 Å². The summed E-state index contributed by atoms with van der Waals surface area (Å²) in [4.78, 5) is 13.0. The number of hydrogen-bond acceptors (Lipinski definition) is 7. The second kappa shape index (κ2) is 9.19. The largest absolute Gasteiger partial charge is 0.416 e. The van der Waals surface area contributed by atoms with Crippen LogP contribution in [-0.2, 0) is 21.1 Å². The highest BCUT2D eigenvalue weighted by Gasteiger charge is 2.30. The highest BCUT2D eigenvalue weighted by molar-refractivity contribution is 8.00. The van der Waals surface area contributed by atoms with Crippen molar-refractivity contribution in [1.29, 1.82) is 0 Å². The van der Waals surface area contributed by atoms with Gasteiger partial charge in [0.25, 0.3) is 5.22 Å². The van der Waals surface area contributed by atoms with E-state index in [0.717, 1.165) is 17.3 Å². The second-order valence-corrected chi connectivity index (χ2v) is 10.6. The minimum Gasteiger partial charge on any atom is -0.416 e. The summed E-state index contributed by atoms with van der Waals surface area (Å²) >= 11 is 1.11. The molecule has 1 aromatic heterocycles. The maximum absolute atomic E-state index is 13.1. The number of nitrogens with one attached hydrogen (secondary N) is 1. The highest BCUT2D eigenvalue weighted by Crippen LogP contribution is 2.36. The summed E-state index contributed by atoms with van der Waals surface area (Å²) in [7, 11) is -2.98. The van der Waals surface area contributed by atoms with E-state index in [1.54, 1.807) is 0 Å². The number of nitrogens with zero attached hydrogens (tertiary/aromatic N) is 2. The summed E-state index contributed by atoms with van der Waals surface area (Å²) in [6.45, 7) is 0. The Hall–Kier alpha value is -2.72. The molecule has 2 atom stereocenters. The van der Waals surface area contributed by atoms with Crippen LogP contribution in [0.1, 0.15) is 23.1 Å². The molecule has 1 amide bonds. The fourth-order valence-corrected chi connectivity index (χ4v) is 6.15. The van der Waals surface area contributed by atoms with E-state index in [4.69, 9.17) is 4.42 Å². The monoisotopic (exact) mass is 461 g/mol. The van der Waals surface area contributed by atoms with Gasteiger partial charge in [0.1, 0.15) is 11.1 Å². The van der Waals surface area contributed by atoms with Crippen LogP contribution in [0.5, 0.6) is 0 Å². The SMILES string of the molecule is O=C(Nc1ccc(F)cc1)[C@@H](Sc1nnc(C[C@@H]2CCS(=O)(=O)C2)o1)c1ccccc1. The average molecular weight is 462 g/mol. The van der Waals surface area contributed by atoms with Crippen molar-refractivity contribution in [1.82, 2.24) is 10.2 Å². The quantitative estimate of drug-likeness (QED) is 0.536. The second-order valence-electron chi connectivity index (χ2n) is 7.34. The van der Waals surface area contributed by atoms with Crippen LogP contribution in [0.25, 0.3) is 0 Å². The first-order chi connectivity index (χ1) is 14.9. The van der Waals surface area contributed by atoms with Crippen LogP contribution in [0.3, 0.4) is 0 Å². The van der Waals surface area contributed by atoms with Crippen LogP contribution in [0.4, 0.5) is 10.1 Å². The fraction of sp³-hybridized carbons (Fsp3) is 0.286. The van der Waals surface area contributed by atoms with Gasteiger partial charge in [-0.25, -0.2) is 12.8 Å². The van der Waals surface area contributed by atoms with Crippen molar-refractivity contribution in [2.45, 2.75) is 23.3 Å². The molecule has 0 spiro atoms. The van der Waals surface area contributed by atoms with E-state index >= 15 is 0 Å². The minimum absolute atomic E-state index is 0.0324. The Kier molecular flexibility index (Phi) is 6.38. The van der Waals surface area contributed by atoms with E-state index in [1.165, 1.54) is 24.3 Å². The smallest absolute Gasteiger partial charge is 0.277 e. The number of aromatic nitrogens is 2. The molecule has 0 aliphatic carbocycles. The lowest BCUT2D eigenvalue weighted by atomic mass is 10.1. The number of carbonyl (C=O) groups excluding carboxylic acids is 1. The fourth-order valence-electron chi connectivity index (χ4n) is 3.39. The van der Waals surface area contributed by atoms with Gasteiger partial charge in [-0.15, -0.1) is 10.2 Å². The molecule has 10 heteroatoms. The van der Waals surface area contributed by atoms with Crippen LogP contribution in [-0.4, -0.2) is 36.0 Å². The number of hydrogen-bond donors (Lipinski definition) is 1. The van der Waals surface area contributed by atoms with E-state index in [1.807, 2.05) is 30.3 Å². The molecule has 0 unspecified atom stereocenters. The van der Waals surface area contributed by atoms with Crippen molar-refractivity contribution in [3.05, 3.63) is 71.9 Å². The lowest BCUT2D eigenvalue weighted by molar-refractivity contribution is -0.115.